The molecular formula is C16H15ClN2O5S. The molecule has 2 aromatic rings. The molecule has 25 heavy (non-hydrogen) atoms. The van der Waals surface area contributed by atoms with Gasteiger partial charge in [-0.3, -0.25) is 19.7 Å². The van der Waals surface area contributed by atoms with Crippen LogP contribution >= 0.6 is 22.9 Å². The number of nitro groups is 1. The third-order valence-electron chi connectivity index (χ3n) is 3.38. The highest BCUT2D eigenvalue weighted by molar-refractivity contribution is 7.16. The fourth-order valence-electron chi connectivity index (χ4n) is 2.10. The number of rotatable bonds is 8. The average molecular weight is 383 g/mol. The van der Waals surface area contributed by atoms with E-state index in [-0.39, 0.29) is 29.5 Å². The number of carbonyl (C=O) groups is 2. The summed E-state index contributed by atoms with van der Waals surface area (Å²) in [5.74, 6) is -0.361. The maximum atomic E-state index is 12.3. The molecule has 0 radical (unpaired) electrons. The molecule has 0 saturated heterocycles. The second kappa shape index (κ2) is 8.59. The topological polar surface area (TPSA) is 89.8 Å². The maximum absolute atomic E-state index is 12.3. The van der Waals surface area contributed by atoms with Gasteiger partial charge in [0.1, 0.15) is 6.29 Å². The molecule has 0 aliphatic heterocycles. The predicted molar refractivity (Wildman–Crippen MR) is 94.4 cm³/mol. The Balaban J connectivity index is 2.05. The number of hydrogen-bond donors (Lipinski definition) is 0. The minimum Gasteiger partial charge on any atom is -0.477 e. The van der Waals surface area contributed by atoms with E-state index in [0.717, 1.165) is 10.9 Å². The van der Waals surface area contributed by atoms with Gasteiger partial charge in [0.05, 0.1) is 15.8 Å². The molecule has 0 spiro atoms. The van der Waals surface area contributed by atoms with Gasteiger partial charge in [0.15, 0.2) is 12.4 Å². The van der Waals surface area contributed by atoms with Crippen LogP contribution in [0.4, 0.5) is 5.69 Å². The summed E-state index contributed by atoms with van der Waals surface area (Å²) >= 11 is 7.26. The molecule has 0 N–H and O–H groups in total. The van der Waals surface area contributed by atoms with Gasteiger partial charge in [0, 0.05) is 23.1 Å². The van der Waals surface area contributed by atoms with Crippen LogP contribution in [-0.4, -0.2) is 35.2 Å². The first-order valence-corrected chi connectivity index (χ1v) is 8.52. The van der Waals surface area contributed by atoms with E-state index in [9.17, 15) is 19.7 Å². The lowest BCUT2D eigenvalue weighted by Gasteiger charge is -2.20. The first-order valence-electron chi connectivity index (χ1n) is 7.33. The summed E-state index contributed by atoms with van der Waals surface area (Å²) < 4.78 is 5.95. The Labute approximate surface area is 152 Å². The van der Waals surface area contributed by atoms with Gasteiger partial charge in [0.25, 0.3) is 5.91 Å². The number of likely N-dealkylation sites (N-methyl/N-ethyl adjacent to an activating group) is 1. The van der Waals surface area contributed by atoms with Crippen LogP contribution in [0.3, 0.4) is 0 Å². The number of halogens is 1. The minimum absolute atomic E-state index is 0.0563. The third-order valence-corrected chi connectivity index (χ3v) is 4.59. The lowest BCUT2D eigenvalue weighted by atomic mass is 10.2. The molecule has 0 fully saturated rings. The van der Waals surface area contributed by atoms with E-state index in [2.05, 4.69) is 0 Å². The zero-order valence-electron chi connectivity index (χ0n) is 13.3. The summed E-state index contributed by atoms with van der Waals surface area (Å²) in [7, 11) is 0. The molecular weight excluding hydrogens is 368 g/mol. The first kappa shape index (κ1) is 18.9. The Morgan fingerprint density at radius 1 is 1.40 bits per heavy atom. The fraction of sp³-hybridized carbons (Fsp3) is 0.250. The van der Waals surface area contributed by atoms with E-state index in [1.807, 2.05) is 13.0 Å². The van der Waals surface area contributed by atoms with Crippen molar-refractivity contribution >= 4 is 40.8 Å². The van der Waals surface area contributed by atoms with Gasteiger partial charge in [0.2, 0.25) is 0 Å². The van der Waals surface area contributed by atoms with Crippen LogP contribution in [0.1, 0.15) is 22.2 Å². The van der Waals surface area contributed by atoms with Crippen LogP contribution in [0.25, 0.3) is 0 Å². The molecule has 132 valence electrons. The number of aldehydes is 1. The Morgan fingerprint density at radius 3 is 2.72 bits per heavy atom. The second-order valence-electron chi connectivity index (χ2n) is 5.00. The number of benzene rings is 1. The summed E-state index contributed by atoms with van der Waals surface area (Å²) in [5, 5.41) is 11.1. The highest BCUT2D eigenvalue weighted by Crippen LogP contribution is 2.28. The maximum Gasteiger partial charge on any atom is 0.311 e. The van der Waals surface area contributed by atoms with Crippen molar-refractivity contribution in [3.05, 3.63) is 55.2 Å². The molecule has 9 heteroatoms. The van der Waals surface area contributed by atoms with E-state index in [0.29, 0.717) is 23.7 Å². The molecule has 0 bridgehead atoms. The number of thiophene rings is 1. The summed E-state index contributed by atoms with van der Waals surface area (Å²) in [6.45, 7) is 2.34. The minimum atomic E-state index is -0.655. The van der Waals surface area contributed by atoms with Crippen molar-refractivity contribution in [1.29, 1.82) is 0 Å². The van der Waals surface area contributed by atoms with Crippen LogP contribution in [0.15, 0.2) is 30.3 Å². The van der Waals surface area contributed by atoms with Crippen LogP contribution < -0.4 is 4.74 Å². The highest BCUT2D eigenvalue weighted by atomic mass is 35.5. The molecule has 1 heterocycles. The fourth-order valence-corrected chi connectivity index (χ4v) is 3.21. The third kappa shape index (κ3) is 5.01. The molecule has 0 unspecified atom stereocenters. The van der Waals surface area contributed by atoms with Crippen molar-refractivity contribution < 1.29 is 19.2 Å². The molecule has 1 aromatic carbocycles. The van der Waals surface area contributed by atoms with Gasteiger partial charge < -0.3 is 9.64 Å². The largest absolute Gasteiger partial charge is 0.477 e. The van der Waals surface area contributed by atoms with E-state index in [1.54, 1.807) is 11.0 Å². The average Bonchev–Trinajstić information content (AvgIpc) is 3.02. The number of nitro benzene ring substituents is 1. The van der Waals surface area contributed by atoms with E-state index in [1.165, 1.54) is 23.5 Å². The van der Waals surface area contributed by atoms with Crippen LogP contribution in [-0.2, 0) is 11.3 Å². The van der Waals surface area contributed by atoms with Crippen molar-refractivity contribution in [2.45, 2.75) is 13.5 Å². The second-order valence-corrected chi connectivity index (χ2v) is 6.80. The Kier molecular flexibility index (Phi) is 6.49. The Hall–Kier alpha value is -2.45. The van der Waals surface area contributed by atoms with Crippen molar-refractivity contribution in [1.82, 2.24) is 4.90 Å². The molecule has 0 aliphatic rings. The number of carbonyl (C=O) groups excluding carboxylic acids is 2. The summed E-state index contributed by atoms with van der Waals surface area (Å²) in [6, 6.07) is 7.41. The standard InChI is InChI=1S/C16H15ClN2O5S/c1-2-18(8-12-4-6-15(17)25-12)16(21)10-24-14-5-3-11(9-20)7-13(14)19(22)23/h3-7,9H,2,8,10H2,1H3. The van der Waals surface area contributed by atoms with Crippen molar-refractivity contribution in [3.8, 4) is 5.75 Å². The van der Waals surface area contributed by atoms with Gasteiger partial charge in [-0.1, -0.05) is 11.6 Å². The first-order chi connectivity index (χ1) is 11.9. The molecule has 1 amide bonds. The van der Waals surface area contributed by atoms with Crippen LogP contribution in [0.5, 0.6) is 5.75 Å². The summed E-state index contributed by atoms with van der Waals surface area (Å²) in [5.41, 5.74) is -0.194. The number of nitrogens with zero attached hydrogens (tertiary/aromatic N) is 2. The zero-order valence-corrected chi connectivity index (χ0v) is 14.9. The quantitative estimate of drug-likeness (QED) is 0.395. The Bertz CT molecular complexity index is 793. The number of hydrogen-bond acceptors (Lipinski definition) is 6. The summed E-state index contributed by atoms with van der Waals surface area (Å²) in [6.07, 6.45) is 0.507. The van der Waals surface area contributed by atoms with Gasteiger partial charge in [-0.05, 0) is 31.2 Å². The van der Waals surface area contributed by atoms with Crippen molar-refractivity contribution in [2.24, 2.45) is 0 Å². The predicted octanol–water partition coefficient (Wildman–Crippen LogP) is 3.55. The SMILES string of the molecule is CCN(Cc1ccc(Cl)s1)C(=O)COc1ccc(C=O)cc1[N+](=O)[O-]. The van der Waals surface area contributed by atoms with Gasteiger partial charge in [-0.15, -0.1) is 11.3 Å². The molecule has 7 nitrogen and oxygen atoms in total. The van der Waals surface area contributed by atoms with Crippen molar-refractivity contribution in [2.75, 3.05) is 13.2 Å². The molecule has 1 aromatic heterocycles. The Morgan fingerprint density at radius 2 is 2.16 bits per heavy atom. The lowest BCUT2D eigenvalue weighted by molar-refractivity contribution is -0.385. The van der Waals surface area contributed by atoms with Crippen molar-refractivity contribution in [3.63, 3.8) is 0 Å². The van der Waals surface area contributed by atoms with E-state index in [4.69, 9.17) is 16.3 Å². The van der Waals surface area contributed by atoms with E-state index < -0.39 is 4.92 Å². The normalized spacial score (nSPS) is 10.3. The molecule has 0 aliphatic carbocycles. The summed E-state index contributed by atoms with van der Waals surface area (Å²) in [4.78, 5) is 36.0. The number of amides is 1. The zero-order chi connectivity index (χ0) is 18.4. The highest BCUT2D eigenvalue weighted by Gasteiger charge is 2.19. The van der Waals surface area contributed by atoms with Gasteiger partial charge in [-0.2, -0.15) is 0 Å². The van der Waals surface area contributed by atoms with Crippen LogP contribution in [0.2, 0.25) is 4.34 Å². The lowest BCUT2D eigenvalue weighted by Crippen LogP contribution is -2.34. The monoisotopic (exact) mass is 382 g/mol. The smallest absolute Gasteiger partial charge is 0.311 e. The van der Waals surface area contributed by atoms with Gasteiger partial charge in [-0.25, -0.2) is 0 Å². The van der Waals surface area contributed by atoms with Crippen LogP contribution in [0, 0.1) is 10.1 Å². The van der Waals surface area contributed by atoms with Gasteiger partial charge >= 0.3 is 5.69 Å². The molecule has 2 rings (SSSR count). The van der Waals surface area contributed by atoms with E-state index >= 15 is 0 Å². The molecule has 0 saturated carbocycles. The number of ether oxygens (including phenoxy) is 1. The molecule has 0 atom stereocenters.